The molecule has 1 saturated heterocycles. The van der Waals surface area contributed by atoms with E-state index in [4.69, 9.17) is 19.2 Å². The molecule has 3 fully saturated rings. The zero-order valence-electron chi connectivity index (χ0n) is 32.8. The zero-order chi connectivity index (χ0) is 41.4. The molecule has 3 aromatic rings. The van der Waals surface area contributed by atoms with Gasteiger partial charge in [-0.05, 0) is 65.6 Å². The van der Waals surface area contributed by atoms with Crippen LogP contribution in [-0.4, -0.2) is 93.2 Å². The van der Waals surface area contributed by atoms with Crippen molar-refractivity contribution >= 4 is 73.1 Å². The molecule has 17 heteroatoms. The van der Waals surface area contributed by atoms with Crippen LogP contribution in [0.5, 0.6) is 11.5 Å². The van der Waals surface area contributed by atoms with Crippen LogP contribution in [0.25, 0.3) is 22.3 Å². The van der Waals surface area contributed by atoms with Gasteiger partial charge in [0.1, 0.15) is 47.0 Å². The van der Waals surface area contributed by atoms with Gasteiger partial charge >= 0.3 is 12.1 Å². The normalized spacial score (nSPS) is 22.5. The summed E-state index contributed by atoms with van der Waals surface area (Å²) in [6, 6.07) is 3.01. The second-order valence-electron chi connectivity index (χ2n) is 16.2. The highest BCUT2D eigenvalue weighted by Crippen LogP contribution is 2.45. The summed E-state index contributed by atoms with van der Waals surface area (Å²) in [5.41, 5.74) is -0.945. The summed E-state index contributed by atoms with van der Waals surface area (Å²) in [5, 5.41) is 21.2. The number of amides is 4. The molecule has 57 heavy (non-hydrogen) atoms. The fourth-order valence-electron chi connectivity index (χ4n) is 7.29. The van der Waals surface area contributed by atoms with Gasteiger partial charge in [0.05, 0.1) is 29.3 Å². The van der Waals surface area contributed by atoms with Gasteiger partial charge in [-0.25, -0.2) is 19.6 Å². The van der Waals surface area contributed by atoms with Crippen LogP contribution in [0.1, 0.15) is 73.1 Å². The fraction of sp³-hybridized carbons (Fsp3) is 0.525. The van der Waals surface area contributed by atoms with Crippen LogP contribution in [0.3, 0.4) is 0 Å². The average Bonchev–Trinajstić information content (AvgIpc) is 3.57. The maximum Gasteiger partial charge on any atom is 0.408 e. The number of hydrogen-bond acceptors (Lipinski definition) is 11. The van der Waals surface area contributed by atoms with Crippen molar-refractivity contribution < 1.29 is 43.3 Å². The average molecular weight is 870 g/mol. The Balaban J connectivity index is 1.34. The van der Waals surface area contributed by atoms with Crippen molar-refractivity contribution in [1.29, 1.82) is 0 Å². The van der Waals surface area contributed by atoms with Crippen molar-refractivity contribution in [3.8, 4) is 22.9 Å². The Morgan fingerprint density at radius 2 is 1.81 bits per heavy atom. The molecule has 0 unspecified atom stereocenters. The first-order valence-electron chi connectivity index (χ1n) is 19.0. The van der Waals surface area contributed by atoms with Crippen LogP contribution in [-0.2, 0) is 23.9 Å². The summed E-state index contributed by atoms with van der Waals surface area (Å²) in [6.45, 7) is 12.6. The third-order valence-corrected chi connectivity index (χ3v) is 12.2. The molecule has 5 atom stereocenters. The Hall–Kier alpha value is -4.77. The summed E-state index contributed by atoms with van der Waals surface area (Å²) in [7, 11) is 1.54. The molecule has 6 rings (SSSR count). The van der Waals surface area contributed by atoms with E-state index in [1.54, 1.807) is 58.2 Å². The van der Waals surface area contributed by atoms with Crippen molar-refractivity contribution in [2.45, 2.75) is 103 Å². The van der Waals surface area contributed by atoms with Crippen LogP contribution < -0.4 is 25.4 Å². The molecule has 0 bridgehead atoms. The first kappa shape index (κ1) is 41.9. The summed E-state index contributed by atoms with van der Waals surface area (Å²) in [5.74, 6) is -2.40. The number of carboxylic acids is 1. The summed E-state index contributed by atoms with van der Waals surface area (Å²) < 4.78 is 18.5. The lowest BCUT2D eigenvalue weighted by Crippen LogP contribution is -2.59. The van der Waals surface area contributed by atoms with Gasteiger partial charge < -0.3 is 40.2 Å². The number of thiazole rings is 1. The molecule has 4 N–H and O–H groups in total. The first-order valence-corrected chi connectivity index (χ1v) is 20.7. The number of carboxylic acid groups (broad SMARTS) is 1. The van der Waals surface area contributed by atoms with Crippen LogP contribution in [0, 0.1) is 17.3 Å². The maximum atomic E-state index is 14.6. The van der Waals surface area contributed by atoms with E-state index >= 15 is 0 Å². The third-order valence-electron chi connectivity index (χ3n) is 10.7. The van der Waals surface area contributed by atoms with E-state index in [-0.39, 0.29) is 37.3 Å². The number of pyridine rings is 1. The van der Waals surface area contributed by atoms with Crippen molar-refractivity contribution in [3.05, 3.63) is 40.7 Å². The van der Waals surface area contributed by atoms with Crippen LogP contribution >= 0.6 is 27.3 Å². The molecule has 2 saturated carbocycles. The molecule has 4 amide bonds. The second kappa shape index (κ2) is 16.6. The van der Waals surface area contributed by atoms with Crippen molar-refractivity contribution in [3.63, 3.8) is 0 Å². The number of alkyl carbamates (subject to hydrolysis) is 1. The number of hydrogen-bond donors (Lipinski definition) is 4. The van der Waals surface area contributed by atoms with Gasteiger partial charge in [-0.15, -0.1) is 17.9 Å². The number of nitrogens with one attached hydrogen (secondary N) is 3. The monoisotopic (exact) mass is 868 g/mol. The summed E-state index contributed by atoms with van der Waals surface area (Å²) in [6.07, 6.45) is 3.37. The highest BCUT2D eigenvalue weighted by molar-refractivity contribution is 9.10. The molecular formula is C40H49BrN6O9S. The molecule has 2 aliphatic carbocycles. The molecule has 3 aliphatic rings. The van der Waals surface area contributed by atoms with E-state index in [2.05, 4.69) is 43.4 Å². The SMILES string of the molecule is C=C[C@@H]1C[C@]1(NC(=O)[C@@H]1C[C@H](Oc2cc(-c3csc(NC(=O)C(C)C)n3)nc3c(Br)c(OC)ccc23)CN1C(=O)[C@@H](NC(=O)OC1CCCC1)C(C)(C)C)C(=O)O. The van der Waals surface area contributed by atoms with Crippen molar-refractivity contribution in [2.24, 2.45) is 17.3 Å². The van der Waals surface area contributed by atoms with Crippen LogP contribution in [0.4, 0.5) is 9.93 Å². The van der Waals surface area contributed by atoms with Crippen LogP contribution in [0.15, 0.2) is 40.7 Å². The van der Waals surface area contributed by atoms with Crippen molar-refractivity contribution in [1.82, 2.24) is 25.5 Å². The molecule has 15 nitrogen and oxygen atoms in total. The van der Waals surface area contributed by atoms with Crippen LogP contribution in [0.2, 0.25) is 0 Å². The number of rotatable bonds is 13. The Kier molecular flexibility index (Phi) is 12.2. The smallest absolute Gasteiger partial charge is 0.408 e. The number of carbonyl (C=O) groups is 5. The maximum absolute atomic E-state index is 14.6. The topological polar surface area (TPSA) is 198 Å². The van der Waals surface area contributed by atoms with Gasteiger partial charge in [-0.2, -0.15) is 0 Å². The standard InChI is InChI=1S/C40H49BrN6O9S/c1-8-21-17-40(21,36(51)52)46-34(49)27-15-23(18-47(27)35(50)32(39(4,5)6)44-38(53)56-22-11-9-10-12-22)55-29-16-25(26-19-57-37(43-26)45-33(48)20(2)3)42-31-24(29)13-14-28(54-7)30(31)41/h8,13-14,16,19-23,27,32H,1,9-12,15,17-18H2,2-7H3,(H,44,53)(H,46,49)(H,51,52)(H,43,45,48)/t21-,23+,27+,32-,40-/m1/s1. The Bertz CT molecular complexity index is 2080. The van der Waals surface area contributed by atoms with E-state index in [1.165, 1.54) is 29.4 Å². The lowest BCUT2D eigenvalue weighted by molar-refractivity contribution is -0.146. The van der Waals surface area contributed by atoms with E-state index in [1.807, 2.05) is 0 Å². The fourth-order valence-corrected chi connectivity index (χ4v) is 8.59. The van der Waals surface area contributed by atoms with Gasteiger partial charge in [0.15, 0.2) is 5.13 Å². The number of carbonyl (C=O) groups excluding carboxylic acids is 4. The number of nitrogens with zero attached hydrogens (tertiary/aromatic N) is 3. The highest BCUT2D eigenvalue weighted by Gasteiger charge is 2.61. The molecule has 2 aromatic heterocycles. The molecule has 306 valence electrons. The number of anilines is 1. The number of ether oxygens (including phenoxy) is 3. The first-order chi connectivity index (χ1) is 26.9. The minimum Gasteiger partial charge on any atom is -0.495 e. The van der Waals surface area contributed by atoms with Gasteiger partial charge in [0.25, 0.3) is 0 Å². The number of aromatic nitrogens is 2. The van der Waals surface area contributed by atoms with Gasteiger partial charge in [-0.1, -0.05) is 40.7 Å². The Morgan fingerprint density at radius 3 is 2.42 bits per heavy atom. The third kappa shape index (κ3) is 8.88. The van der Waals surface area contributed by atoms with Crippen molar-refractivity contribution in [2.75, 3.05) is 19.0 Å². The summed E-state index contributed by atoms with van der Waals surface area (Å²) in [4.78, 5) is 77.5. The number of benzene rings is 1. The summed E-state index contributed by atoms with van der Waals surface area (Å²) >= 11 is 4.87. The second-order valence-corrected chi connectivity index (χ2v) is 17.9. The lowest BCUT2D eigenvalue weighted by Gasteiger charge is -2.35. The Morgan fingerprint density at radius 1 is 1.09 bits per heavy atom. The largest absolute Gasteiger partial charge is 0.495 e. The van der Waals surface area contributed by atoms with E-state index in [0.29, 0.717) is 43.4 Å². The quantitative estimate of drug-likeness (QED) is 0.141. The molecule has 1 aromatic carbocycles. The zero-order valence-corrected chi connectivity index (χ0v) is 35.3. The van der Waals surface area contributed by atoms with Gasteiger partial charge in [0.2, 0.25) is 17.7 Å². The minimum absolute atomic E-state index is 0.00791. The van der Waals surface area contributed by atoms with E-state index in [0.717, 1.165) is 25.7 Å². The molecule has 0 radical (unpaired) electrons. The number of aliphatic carboxylic acids is 1. The number of fused-ring (bicyclic) bond motifs is 1. The Labute approximate surface area is 343 Å². The molecule has 0 spiro atoms. The molecule has 1 aliphatic heterocycles. The number of methoxy groups -OCH3 is 1. The number of likely N-dealkylation sites (tertiary alicyclic amines) is 1. The lowest BCUT2D eigenvalue weighted by atomic mass is 9.85. The highest BCUT2D eigenvalue weighted by atomic mass is 79.9. The molecule has 3 heterocycles. The predicted octanol–water partition coefficient (Wildman–Crippen LogP) is 6.30. The van der Waals surface area contributed by atoms with E-state index in [9.17, 15) is 29.1 Å². The van der Waals surface area contributed by atoms with Gasteiger partial charge in [-0.3, -0.25) is 14.4 Å². The van der Waals surface area contributed by atoms with E-state index < -0.39 is 58.9 Å². The van der Waals surface area contributed by atoms with Gasteiger partial charge in [0, 0.05) is 35.1 Å². The molecular weight excluding hydrogens is 820 g/mol. The minimum atomic E-state index is -1.54. The predicted molar refractivity (Wildman–Crippen MR) is 217 cm³/mol. The number of halogens is 1.